The second kappa shape index (κ2) is 7.59. The maximum Gasteiger partial charge on any atom is 0.248 e. The monoisotopic (exact) mass is 435 g/mol. The first-order chi connectivity index (χ1) is 15.3. The molecule has 3 heterocycles. The largest absolute Gasteiger partial charge is 0.366 e. The number of nitriles is 1. The van der Waals surface area contributed by atoms with Crippen molar-refractivity contribution >= 4 is 17.7 Å². The Hall–Kier alpha value is -2.92. The number of nitrogens with two attached hydrogens (primary N) is 1. The van der Waals surface area contributed by atoms with Crippen LogP contribution in [0.1, 0.15) is 55.1 Å². The van der Waals surface area contributed by atoms with Gasteiger partial charge in [0.25, 0.3) is 0 Å². The average molecular weight is 436 g/mol. The minimum atomic E-state index is -0.466. The molecule has 8 heteroatoms. The van der Waals surface area contributed by atoms with Gasteiger partial charge in [-0.2, -0.15) is 5.26 Å². The molecule has 1 aromatic rings. The van der Waals surface area contributed by atoms with E-state index in [0.29, 0.717) is 18.0 Å². The number of fused-ring (bicyclic) bond motifs is 3. The van der Waals surface area contributed by atoms with Gasteiger partial charge in [-0.15, -0.1) is 0 Å². The van der Waals surface area contributed by atoms with Crippen molar-refractivity contribution in [3.8, 4) is 6.07 Å². The van der Waals surface area contributed by atoms with Gasteiger partial charge in [0.05, 0.1) is 18.2 Å². The summed E-state index contributed by atoms with van der Waals surface area (Å²) in [5, 5.41) is 9.40. The summed E-state index contributed by atoms with van der Waals surface area (Å²) in [5.41, 5.74) is 6.75. The number of primary amides is 1. The van der Waals surface area contributed by atoms with E-state index >= 15 is 0 Å². The standard InChI is InChI=1S/C24H29N5O3/c1-13(23(31)29-18(10-25)7-17-8-20(17)29)11-27-12-19-9-21(27)24(32)28(19)14(2)15-3-5-16(6-4-15)22(26)30/h3-6,13-14,17-21H,7-9,11-12H2,1-2H3,(H2,26,30)/t13-,14-,17+,18-,19+,20?,21+/m0/s1. The molecule has 3 saturated heterocycles. The number of amides is 3. The first kappa shape index (κ1) is 21.0. The van der Waals surface area contributed by atoms with Gasteiger partial charge in [0.2, 0.25) is 17.7 Å². The van der Waals surface area contributed by atoms with Crippen molar-refractivity contribution in [1.82, 2.24) is 14.7 Å². The van der Waals surface area contributed by atoms with Crippen LogP contribution in [0.3, 0.4) is 0 Å². The highest BCUT2D eigenvalue weighted by molar-refractivity contribution is 5.92. The van der Waals surface area contributed by atoms with Crippen LogP contribution in [-0.2, 0) is 9.59 Å². The summed E-state index contributed by atoms with van der Waals surface area (Å²) < 4.78 is 0. The Kier molecular flexibility index (Phi) is 4.97. The van der Waals surface area contributed by atoms with Gasteiger partial charge in [-0.3, -0.25) is 19.3 Å². The average Bonchev–Trinajstić information content (AvgIpc) is 3.11. The summed E-state index contributed by atoms with van der Waals surface area (Å²) in [4.78, 5) is 43.5. The normalized spacial score (nSPS) is 32.5. The lowest BCUT2D eigenvalue weighted by Crippen LogP contribution is -2.53. The molecule has 0 radical (unpaired) electrons. The van der Waals surface area contributed by atoms with E-state index in [9.17, 15) is 19.6 Å². The first-order valence-electron chi connectivity index (χ1n) is 11.5. The van der Waals surface area contributed by atoms with Crippen molar-refractivity contribution in [2.45, 2.75) is 63.3 Å². The van der Waals surface area contributed by atoms with E-state index in [2.05, 4.69) is 11.0 Å². The van der Waals surface area contributed by atoms with Gasteiger partial charge in [0.15, 0.2) is 0 Å². The van der Waals surface area contributed by atoms with Crippen LogP contribution in [0.4, 0.5) is 0 Å². The summed E-state index contributed by atoms with van der Waals surface area (Å²) >= 11 is 0. The van der Waals surface area contributed by atoms with E-state index in [-0.39, 0.29) is 47.9 Å². The number of piperazine rings is 1. The number of rotatable bonds is 6. The molecule has 0 spiro atoms. The lowest BCUT2D eigenvalue weighted by molar-refractivity contribution is -0.142. The van der Waals surface area contributed by atoms with Gasteiger partial charge in [-0.1, -0.05) is 19.1 Å². The highest BCUT2D eigenvalue weighted by Crippen LogP contribution is 2.48. The van der Waals surface area contributed by atoms with Crippen molar-refractivity contribution in [1.29, 1.82) is 5.26 Å². The van der Waals surface area contributed by atoms with Gasteiger partial charge in [-0.25, -0.2) is 0 Å². The topological polar surface area (TPSA) is 111 Å². The maximum absolute atomic E-state index is 13.2. The van der Waals surface area contributed by atoms with Gasteiger partial charge in [0, 0.05) is 36.7 Å². The summed E-state index contributed by atoms with van der Waals surface area (Å²) in [6, 6.07) is 9.20. The predicted molar refractivity (Wildman–Crippen MR) is 116 cm³/mol. The molecule has 3 amide bonds. The molecule has 4 aliphatic rings. The molecule has 2 N–H and O–H groups in total. The maximum atomic E-state index is 13.2. The predicted octanol–water partition coefficient (Wildman–Crippen LogP) is 1.28. The van der Waals surface area contributed by atoms with E-state index in [1.807, 2.05) is 35.8 Å². The van der Waals surface area contributed by atoms with E-state index in [1.165, 1.54) is 0 Å². The number of benzene rings is 1. The number of hydrogen-bond donors (Lipinski definition) is 1. The third-order valence-electron chi connectivity index (χ3n) is 7.85. The Bertz CT molecular complexity index is 1000. The zero-order valence-corrected chi connectivity index (χ0v) is 18.5. The molecule has 7 atom stereocenters. The SMILES string of the molecule is C[C@@H](CN1C[C@H]2C[C@@H]1C(=O)N2[C@@H](C)c1ccc(C(N)=O)cc1)C(=O)N1C2C[C@H]2C[C@H]1C#N. The summed E-state index contributed by atoms with van der Waals surface area (Å²) in [5.74, 6) is -0.0360. The van der Waals surface area contributed by atoms with Crippen LogP contribution in [0.25, 0.3) is 0 Å². The molecule has 1 aromatic carbocycles. The molecule has 2 bridgehead atoms. The second-order valence-electron chi connectivity index (χ2n) is 9.86. The van der Waals surface area contributed by atoms with Crippen molar-refractivity contribution in [3.63, 3.8) is 0 Å². The van der Waals surface area contributed by atoms with Crippen molar-refractivity contribution in [3.05, 3.63) is 35.4 Å². The molecule has 3 aliphatic heterocycles. The Morgan fingerprint density at radius 1 is 1.19 bits per heavy atom. The lowest BCUT2D eigenvalue weighted by Gasteiger charge is -2.38. The Balaban J connectivity index is 1.22. The fourth-order valence-electron chi connectivity index (χ4n) is 6.06. The molecule has 32 heavy (non-hydrogen) atoms. The summed E-state index contributed by atoms with van der Waals surface area (Å²) in [6.07, 6.45) is 2.61. The quantitative estimate of drug-likeness (QED) is 0.724. The molecule has 1 unspecified atom stereocenters. The number of nitrogens with zero attached hydrogens (tertiary/aromatic N) is 4. The van der Waals surface area contributed by atoms with E-state index in [4.69, 9.17) is 5.73 Å². The third-order valence-corrected chi connectivity index (χ3v) is 7.85. The minimum Gasteiger partial charge on any atom is -0.366 e. The molecular weight excluding hydrogens is 406 g/mol. The van der Waals surface area contributed by atoms with Crippen LogP contribution in [0.15, 0.2) is 24.3 Å². The summed E-state index contributed by atoms with van der Waals surface area (Å²) in [6.45, 7) is 5.23. The van der Waals surface area contributed by atoms with E-state index in [0.717, 1.165) is 31.4 Å². The molecule has 8 nitrogen and oxygen atoms in total. The van der Waals surface area contributed by atoms with E-state index < -0.39 is 5.91 Å². The minimum absolute atomic E-state index is 0.0523. The number of hydrogen-bond acceptors (Lipinski definition) is 5. The Labute approximate surface area is 187 Å². The molecule has 5 rings (SSSR count). The molecule has 4 fully saturated rings. The zero-order chi connectivity index (χ0) is 22.7. The van der Waals surface area contributed by atoms with Crippen molar-refractivity contribution in [2.24, 2.45) is 17.6 Å². The van der Waals surface area contributed by atoms with Crippen molar-refractivity contribution < 1.29 is 14.4 Å². The van der Waals surface area contributed by atoms with Crippen LogP contribution in [-0.4, -0.2) is 69.7 Å². The van der Waals surface area contributed by atoms with Gasteiger partial charge >= 0.3 is 0 Å². The number of carbonyl (C=O) groups excluding carboxylic acids is 3. The molecule has 1 saturated carbocycles. The molecular formula is C24H29N5O3. The fraction of sp³-hybridized carbons (Fsp3) is 0.583. The summed E-state index contributed by atoms with van der Waals surface area (Å²) in [7, 11) is 0. The van der Waals surface area contributed by atoms with Crippen LogP contribution >= 0.6 is 0 Å². The molecule has 0 aromatic heterocycles. The number of likely N-dealkylation sites (tertiary alicyclic amines) is 3. The lowest BCUT2D eigenvalue weighted by atomic mass is 10.0. The highest BCUT2D eigenvalue weighted by Gasteiger charge is 2.55. The molecule has 1 aliphatic carbocycles. The van der Waals surface area contributed by atoms with Crippen LogP contribution in [0.2, 0.25) is 0 Å². The van der Waals surface area contributed by atoms with Crippen LogP contribution < -0.4 is 5.73 Å². The van der Waals surface area contributed by atoms with Gasteiger partial charge < -0.3 is 15.5 Å². The fourth-order valence-corrected chi connectivity index (χ4v) is 6.06. The number of carbonyl (C=O) groups is 3. The highest BCUT2D eigenvalue weighted by atomic mass is 16.2. The smallest absolute Gasteiger partial charge is 0.248 e. The van der Waals surface area contributed by atoms with Gasteiger partial charge in [-0.05, 0) is 49.8 Å². The van der Waals surface area contributed by atoms with Crippen LogP contribution in [0, 0.1) is 23.2 Å². The third kappa shape index (κ3) is 3.27. The van der Waals surface area contributed by atoms with E-state index in [1.54, 1.807) is 12.1 Å². The number of piperidine rings is 1. The first-order valence-corrected chi connectivity index (χ1v) is 11.5. The Morgan fingerprint density at radius 3 is 2.53 bits per heavy atom. The molecule has 168 valence electrons. The van der Waals surface area contributed by atoms with Gasteiger partial charge in [0.1, 0.15) is 6.04 Å². The Morgan fingerprint density at radius 2 is 1.91 bits per heavy atom. The van der Waals surface area contributed by atoms with Crippen LogP contribution in [0.5, 0.6) is 0 Å². The zero-order valence-electron chi connectivity index (χ0n) is 18.5. The van der Waals surface area contributed by atoms with Crippen molar-refractivity contribution in [2.75, 3.05) is 13.1 Å². The second-order valence-corrected chi connectivity index (χ2v) is 9.86.